The van der Waals surface area contributed by atoms with Crippen molar-refractivity contribution in [2.75, 3.05) is 0 Å². The van der Waals surface area contributed by atoms with Crippen molar-refractivity contribution in [2.24, 2.45) is 5.92 Å². The van der Waals surface area contributed by atoms with Crippen LogP contribution in [0.3, 0.4) is 0 Å². The van der Waals surface area contributed by atoms with Crippen LogP contribution in [0.2, 0.25) is 0 Å². The highest BCUT2D eigenvalue weighted by molar-refractivity contribution is 5.89. The molecule has 0 amide bonds. The summed E-state index contributed by atoms with van der Waals surface area (Å²) in [5.74, 6) is -1.99. The predicted molar refractivity (Wildman–Crippen MR) is 59.4 cm³/mol. The molecule has 1 aromatic carbocycles. The summed E-state index contributed by atoms with van der Waals surface area (Å²) < 4.78 is 0. The van der Waals surface area contributed by atoms with E-state index in [-0.39, 0.29) is 11.3 Å². The Morgan fingerprint density at radius 1 is 1.17 bits per heavy atom. The SMILES string of the molecule is CC(C)C(=O)OOC(=O)c1ccc([N+](=O)[O-])cc1. The number of nitro groups is 1. The molecule has 0 aliphatic heterocycles. The molecule has 0 atom stereocenters. The van der Waals surface area contributed by atoms with Gasteiger partial charge >= 0.3 is 11.9 Å². The molecule has 18 heavy (non-hydrogen) atoms. The van der Waals surface area contributed by atoms with Crippen molar-refractivity contribution in [2.45, 2.75) is 13.8 Å². The second-order valence-electron chi connectivity index (χ2n) is 3.73. The van der Waals surface area contributed by atoms with Gasteiger partial charge in [0.2, 0.25) is 0 Å². The van der Waals surface area contributed by atoms with Crippen LogP contribution in [0, 0.1) is 16.0 Å². The minimum absolute atomic E-state index is 0.0529. The van der Waals surface area contributed by atoms with Crippen LogP contribution < -0.4 is 0 Å². The molecule has 0 saturated heterocycles. The Balaban J connectivity index is 2.62. The lowest BCUT2D eigenvalue weighted by molar-refractivity contribution is -0.384. The summed E-state index contributed by atoms with van der Waals surface area (Å²) >= 11 is 0. The summed E-state index contributed by atoms with van der Waals surface area (Å²) in [6, 6.07) is 4.73. The fraction of sp³-hybridized carbons (Fsp3) is 0.273. The Morgan fingerprint density at radius 2 is 1.72 bits per heavy atom. The van der Waals surface area contributed by atoms with Gasteiger partial charge in [-0.3, -0.25) is 10.1 Å². The first-order valence-corrected chi connectivity index (χ1v) is 5.09. The number of nitrogens with zero attached hydrogens (tertiary/aromatic N) is 1. The molecule has 1 rings (SSSR count). The molecule has 0 aliphatic rings. The summed E-state index contributed by atoms with van der Waals surface area (Å²) in [6.45, 7) is 3.17. The van der Waals surface area contributed by atoms with Gasteiger partial charge in [0, 0.05) is 12.1 Å². The van der Waals surface area contributed by atoms with Crippen molar-refractivity contribution in [3.63, 3.8) is 0 Å². The van der Waals surface area contributed by atoms with Crippen molar-refractivity contribution in [1.82, 2.24) is 0 Å². The fourth-order valence-corrected chi connectivity index (χ4v) is 0.942. The third-order valence-corrected chi connectivity index (χ3v) is 1.98. The van der Waals surface area contributed by atoms with Crippen molar-refractivity contribution < 1.29 is 24.3 Å². The molecule has 0 bridgehead atoms. The standard InChI is InChI=1S/C11H11NO6/c1-7(2)10(13)17-18-11(14)8-3-5-9(6-4-8)12(15)16/h3-7H,1-2H3. The van der Waals surface area contributed by atoms with E-state index in [0.29, 0.717) is 0 Å². The van der Waals surface area contributed by atoms with Gasteiger partial charge in [0.05, 0.1) is 16.4 Å². The van der Waals surface area contributed by atoms with Crippen LogP contribution >= 0.6 is 0 Å². The predicted octanol–water partition coefficient (Wildman–Crippen LogP) is 1.87. The first-order valence-electron chi connectivity index (χ1n) is 5.09. The number of hydrogen-bond donors (Lipinski definition) is 0. The zero-order chi connectivity index (χ0) is 13.7. The Labute approximate surface area is 102 Å². The average Bonchev–Trinajstić information content (AvgIpc) is 2.35. The monoisotopic (exact) mass is 253 g/mol. The molecular weight excluding hydrogens is 242 g/mol. The van der Waals surface area contributed by atoms with E-state index in [1.165, 1.54) is 12.1 Å². The zero-order valence-corrected chi connectivity index (χ0v) is 9.78. The number of carbonyl (C=O) groups is 2. The van der Waals surface area contributed by atoms with E-state index in [9.17, 15) is 19.7 Å². The quantitative estimate of drug-likeness (QED) is 0.463. The van der Waals surface area contributed by atoms with Crippen molar-refractivity contribution in [3.05, 3.63) is 39.9 Å². The maximum Gasteiger partial charge on any atom is 0.386 e. The first-order chi connectivity index (χ1) is 8.41. The molecule has 7 nitrogen and oxygen atoms in total. The molecule has 0 N–H and O–H groups in total. The van der Waals surface area contributed by atoms with Gasteiger partial charge in [-0.25, -0.2) is 19.4 Å². The van der Waals surface area contributed by atoms with Crippen LogP contribution in [-0.2, 0) is 14.6 Å². The van der Waals surface area contributed by atoms with Crippen molar-refractivity contribution in [1.29, 1.82) is 0 Å². The molecule has 0 radical (unpaired) electrons. The Hall–Kier alpha value is -2.44. The highest BCUT2D eigenvalue weighted by Gasteiger charge is 2.15. The number of benzene rings is 1. The molecule has 0 heterocycles. The second-order valence-corrected chi connectivity index (χ2v) is 3.73. The fourth-order valence-electron chi connectivity index (χ4n) is 0.942. The minimum Gasteiger partial charge on any atom is -0.258 e. The molecule has 0 saturated carbocycles. The summed E-state index contributed by atoms with van der Waals surface area (Å²) in [5, 5.41) is 10.4. The summed E-state index contributed by atoms with van der Waals surface area (Å²) in [5.41, 5.74) is -0.0946. The lowest BCUT2D eigenvalue weighted by Gasteiger charge is -2.04. The third-order valence-electron chi connectivity index (χ3n) is 1.98. The maximum absolute atomic E-state index is 11.4. The molecule has 96 valence electrons. The van der Waals surface area contributed by atoms with E-state index in [0.717, 1.165) is 12.1 Å². The van der Waals surface area contributed by atoms with Crippen LogP contribution in [0.1, 0.15) is 24.2 Å². The first kappa shape index (κ1) is 13.6. The number of carbonyl (C=O) groups excluding carboxylic acids is 2. The van der Waals surface area contributed by atoms with E-state index >= 15 is 0 Å². The van der Waals surface area contributed by atoms with Gasteiger partial charge < -0.3 is 0 Å². The lowest BCUT2D eigenvalue weighted by atomic mass is 10.2. The summed E-state index contributed by atoms with van der Waals surface area (Å²) in [6.07, 6.45) is 0. The largest absolute Gasteiger partial charge is 0.386 e. The van der Waals surface area contributed by atoms with Crippen molar-refractivity contribution in [3.8, 4) is 0 Å². The summed E-state index contributed by atoms with van der Waals surface area (Å²) in [7, 11) is 0. The van der Waals surface area contributed by atoms with Gasteiger partial charge in [-0.1, -0.05) is 13.8 Å². The van der Waals surface area contributed by atoms with Crippen LogP contribution in [0.25, 0.3) is 0 Å². The molecule has 0 fully saturated rings. The van der Waals surface area contributed by atoms with Gasteiger partial charge in [0.1, 0.15) is 0 Å². The van der Waals surface area contributed by atoms with E-state index in [1.807, 2.05) is 0 Å². The topological polar surface area (TPSA) is 95.7 Å². The Bertz CT molecular complexity index is 465. The molecule has 0 aromatic heterocycles. The highest BCUT2D eigenvalue weighted by atomic mass is 17.2. The smallest absolute Gasteiger partial charge is 0.258 e. The van der Waals surface area contributed by atoms with Gasteiger partial charge in [-0.2, -0.15) is 0 Å². The van der Waals surface area contributed by atoms with E-state index < -0.39 is 22.8 Å². The Morgan fingerprint density at radius 3 is 2.17 bits per heavy atom. The van der Waals surface area contributed by atoms with Gasteiger partial charge in [-0.05, 0) is 12.1 Å². The van der Waals surface area contributed by atoms with Gasteiger partial charge in [0.25, 0.3) is 5.69 Å². The number of rotatable bonds is 3. The van der Waals surface area contributed by atoms with E-state index in [1.54, 1.807) is 13.8 Å². The van der Waals surface area contributed by atoms with Crippen LogP contribution in [0.5, 0.6) is 0 Å². The van der Waals surface area contributed by atoms with Crippen LogP contribution in [0.15, 0.2) is 24.3 Å². The maximum atomic E-state index is 11.4. The van der Waals surface area contributed by atoms with E-state index in [2.05, 4.69) is 9.78 Å². The van der Waals surface area contributed by atoms with Crippen LogP contribution in [-0.4, -0.2) is 16.9 Å². The summed E-state index contributed by atoms with van der Waals surface area (Å²) in [4.78, 5) is 40.8. The zero-order valence-electron chi connectivity index (χ0n) is 9.78. The molecule has 7 heteroatoms. The number of hydrogen-bond acceptors (Lipinski definition) is 6. The number of non-ortho nitro benzene ring substituents is 1. The minimum atomic E-state index is -0.890. The normalized spacial score (nSPS) is 9.94. The average molecular weight is 253 g/mol. The third kappa shape index (κ3) is 3.55. The molecule has 0 aliphatic carbocycles. The molecule has 0 spiro atoms. The Kier molecular flexibility index (Phi) is 4.36. The molecular formula is C11H11NO6. The van der Waals surface area contributed by atoms with Crippen LogP contribution in [0.4, 0.5) is 5.69 Å². The van der Waals surface area contributed by atoms with Gasteiger partial charge in [-0.15, -0.1) is 0 Å². The van der Waals surface area contributed by atoms with Crippen molar-refractivity contribution >= 4 is 17.6 Å². The van der Waals surface area contributed by atoms with Gasteiger partial charge in [0.15, 0.2) is 0 Å². The molecule has 1 aromatic rings. The second kappa shape index (κ2) is 5.76. The lowest BCUT2D eigenvalue weighted by Crippen LogP contribution is -2.15. The highest BCUT2D eigenvalue weighted by Crippen LogP contribution is 2.12. The number of nitro benzene ring substituents is 1. The van der Waals surface area contributed by atoms with E-state index in [4.69, 9.17) is 0 Å². The molecule has 0 unspecified atom stereocenters.